The minimum Gasteiger partial charge on any atom is -0.388 e. The Morgan fingerprint density at radius 3 is 2.45 bits per heavy atom. The molecule has 0 aromatic heterocycles. The van der Waals surface area contributed by atoms with Crippen molar-refractivity contribution in [3.8, 4) is 0 Å². The van der Waals surface area contributed by atoms with Gasteiger partial charge in [-0.3, -0.25) is 4.99 Å². The smallest absolute Gasteiger partial charge is 0.191 e. The number of aliphatic hydroxyl groups is 1. The highest BCUT2D eigenvalue weighted by Gasteiger charge is 2.34. The van der Waals surface area contributed by atoms with Gasteiger partial charge in [0.1, 0.15) is 0 Å². The van der Waals surface area contributed by atoms with E-state index in [2.05, 4.69) is 60.7 Å². The van der Waals surface area contributed by atoms with Crippen molar-refractivity contribution in [3.63, 3.8) is 0 Å². The van der Waals surface area contributed by atoms with Gasteiger partial charge in [0.2, 0.25) is 0 Å². The van der Waals surface area contributed by atoms with Gasteiger partial charge in [-0.1, -0.05) is 31.2 Å². The summed E-state index contributed by atoms with van der Waals surface area (Å²) >= 11 is 0. The quantitative estimate of drug-likeness (QED) is 0.559. The van der Waals surface area contributed by atoms with Gasteiger partial charge in [-0.15, -0.1) is 0 Å². The van der Waals surface area contributed by atoms with Crippen LogP contribution in [0.4, 0.5) is 0 Å². The maximum absolute atomic E-state index is 10.2. The number of aliphatic imine (C=N–C) groups is 1. The third-order valence-electron chi connectivity index (χ3n) is 4.40. The second-order valence-electron chi connectivity index (χ2n) is 6.23. The Bertz CT molecular complexity index is 492. The fraction of sp³-hybridized carbons (Fsp3) is 0.611. The second-order valence-corrected chi connectivity index (χ2v) is 6.23. The lowest BCUT2D eigenvalue weighted by atomic mass is 9.80. The Morgan fingerprint density at radius 1 is 1.27 bits per heavy atom. The molecule has 4 nitrogen and oxygen atoms in total. The van der Waals surface area contributed by atoms with Crippen LogP contribution in [0.25, 0.3) is 0 Å². The van der Waals surface area contributed by atoms with Crippen molar-refractivity contribution in [3.05, 3.63) is 35.4 Å². The number of hydrogen-bond donors (Lipinski definition) is 3. The van der Waals surface area contributed by atoms with Crippen LogP contribution in [0.2, 0.25) is 0 Å². The predicted molar refractivity (Wildman–Crippen MR) is 92.2 cm³/mol. The van der Waals surface area contributed by atoms with E-state index in [4.69, 9.17) is 0 Å². The highest BCUT2D eigenvalue weighted by Crippen LogP contribution is 2.31. The van der Waals surface area contributed by atoms with Gasteiger partial charge in [-0.2, -0.15) is 0 Å². The first-order chi connectivity index (χ1) is 10.6. The Kier molecular flexibility index (Phi) is 5.83. The number of aryl methyl sites for hydroxylation is 1. The molecule has 22 heavy (non-hydrogen) atoms. The third-order valence-corrected chi connectivity index (χ3v) is 4.40. The van der Waals surface area contributed by atoms with E-state index >= 15 is 0 Å². The van der Waals surface area contributed by atoms with E-state index in [1.807, 2.05) is 0 Å². The zero-order chi connectivity index (χ0) is 16.0. The van der Waals surface area contributed by atoms with Crippen LogP contribution in [0.5, 0.6) is 0 Å². The van der Waals surface area contributed by atoms with E-state index in [-0.39, 0.29) is 6.04 Å². The minimum absolute atomic E-state index is 0.180. The number of guanidine groups is 1. The molecule has 1 saturated carbocycles. The molecule has 0 bridgehead atoms. The second kappa shape index (κ2) is 7.63. The lowest BCUT2D eigenvalue weighted by Crippen LogP contribution is -2.43. The topological polar surface area (TPSA) is 56.7 Å². The van der Waals surface area contributed by atoms with Crippen LogP contribution in [-0.4, -0.2) is 29.8 Å². The summed E-state index contributed by atoms with van der Waals surface area (Å²) in [6.45, 7) is 7.63. The molecule has 4 heteroatoms. The van der Waals surface area contributed by atoms with Crippen molar-refractivity contribution in [1.29, 1.82) is 0 Å². The Balaban J connectivity index is 1.97. The largest absolute Gasteiger partial charge is 0.388 e. The van der Waals surface area contributed by atoms with Crippen molar-refractivity contribution in [2.24, 2.45) is 4.99 Å². The number of nitrogens with zero attached hydrogens (tertiary/aromatic N) is 1. The van der Waals surface area contributed by atoms with Crippen molar-refractivity contribution >= 4 is 5.96 Å². The van der Waals surface area contributed by atoms with Crippen LogP contribution < -0.4 is 10.6 Å². The van der Waals surface area contributed by atoms with Crippen LogP contribution in [0, 0.1) is 0 Å². The molecule has 1 aliphatic carbocycles. The van der Waals surface area contributed by atoms with Crippen LogP contribution in [-0.2, 0) is 6.42 Å². The Hall–Kier alpha value is -1.55. The summed E-state index contributed by atoms with van der Waals surface area (Å²) in [6.07, 6.45) is 3.90. The molecule has 0 radical (unpaired) electrons. The van der Waals surface area contributed by atoms with E-state index in [0.717, 1.165) is 38.2 Å². The molecule has 122 valence electrons. The van der Waals surface area contributed by atoms with Gasteiger partial charge in [0.05, 0.1) is 18.2 Å². The molecular formula is C18H29N3O. The van der Waals surface area contributed by atoms with E-state index in [9.17, 15) is 5.11 Å². The average Bonchev–Trinajstić information content (AvgIpc) is 2.51. The van der Waals surface area contributed by atoms with Crippen LogP contribution in [0.1, 0.15) is 57.2 Å². The first-order valence-corrected chi connectivity index (χ1v) is 8.42. The molecular weight excluding hydrogens is 274 g/mol. The van der Waals surface area contributed by atoms with Gasteiger partial charge in [0.15, 0.2) is 5.96 Å². The number of nitrogens with one attached hydrogen (secondary N) is 2. The summed E-state index contributed by atoms with van der Waals surface area (Å²) < 4.78 is 0. The summed E-state index contributed by atoms with van der Waals surface area (Å²) in [5.41, 5.74) is 2.02. The van der Waals surface area contributed by atoms with Crippen LogP contribution in [0.3, 0.4) is 0 Å². The molecule has 1 aromatic carbocycles. The number of hydrogen-bond acceptors (Lipinski definition) is 2. The van der Waals surface area contributed by atoms with Gasteiger partial charge in [-0.05, 0) is 50.7 Å². The van der Waals surface area contributed by atoms with Crippen molar-refractivity contribution in [2.75, 3.05) is 13.1 Å². The SMILES string of the molecule is CCNC(=NCC1(O)CCC1)NC(C)c1ccc(CC)cc1. The molecule has 1 fully saturated rings. The molecule has 1 unspecified atom stereocenters. The molecule has 0 amide bonds. The highest BCUT2D eigenvalue weighted by molar-refractivity contribution is 5.80. The first kappa shape index (κ1) is 16.8. The third kappa shape index (κ3) is 4.47. The Morgan fingerprint density at radius 2 is 1.95 bits per heavy atom. The van der Waals surface area contributed by atoms with Crippen molar-refractivity contribution < 1.29 is 5.11 Å². The molecule has 1 atom stereocenters. The molecule has 0 heterocycles. The monoisotopic (exact) mass is 303 g/mol. The molecule has 1 aromatic rings. The van der Waals surface area contributed by atoms with Crippen molar-refractivity contribution in [1.82, 2.24) is 10.6 Å². The lowest BCUT2D eigenvalue weighted by molar-refractivity contribution is -0.0236. The molecule has 0 spiro atoms. The van der Waals surface area contributed by atoms with Crippen molar-refractivity contribution in [2.45, 2.75) is 58.1 Å². The fourth-order valence-corrected chi connectivity index (χ4v) is 2.62. The molecule has 0 aliphatic heterocycles. The maximum Gasteiger partial charge on any atom is 0.191 e. The first-order valence-electron chi connectivity index (χ1n) is 8.42. The predicted octanol–water partition coefficient (Wildman–Crippen LogP) is 2.78. The highest BCUT2D eigenvalue weighted by atomic mass is 16.3. The summed E-state index contributed by atoms with van der Waals surface area (Å²) in [4.78, 5) is 4.55. The van der Waals surface area contributed by atoms with Gasteiger partial charge in [0.25, 0.3) is 0 Å². The molecule has 2 rings (SSSR count). The fourth-order valence-electron chi connectivity index (χ4n) is 2.62. The van der Waals surface area contributed by atoms with Gasteiger partial charge < -0.3 is 15.7 Å². The summed E-state index contributed by atoms with van der Waals surface area (Å²) in [5.74, 6) is 0.773. The minimum atomic E-state index is -0.575. The van der Waals surface area contributed by atoms with Gasteiger partial charge in [-0.25, -0.2) is 0 Å². The van der Waals surface area contributed by atoms with E-state index in [0.29, 0.717) is 6.54 Å². The zero-order valence-electron chi connectivity index (χ0n) is 14.0. The summed E-state index contributed by atoms with van der Waals surface area (Å²) in [5, 5.41) is 16.8. The van der Waals surface area contributed by atoms with Gasteiger partial charge in [0, 0.05) is 6.54 Å². The normalized spacial score (nSPS) is 18.5. The maximum atomic E-state index is 10.2. The van der Waals surface area contributed by atoms with E-state index in [1.54, 1.807) is 0 Å². The lowest BCUT2D eigenvalue weighted by Gasteiger charge is -2.35. The summed E-state index contributed by atoms with van der Waals surface area (Å²) in [6, 6.07) is 8.86. The molecule has 0 saturated heterocycles. The number of rotatable bonds is 6. The zero-order valence-corrected chi connectivity index (χ0v) is 14.0. The van der Waals surface area contributed by atoms with E-state index in [1.165, 1.54) is 11.1 Å². The van der Waals surface area contributed by atoms with Crippen LogP contribution >= 0.6 is 0 Å². The molecule has 1 aliphatic rings. The average molecular weight is 303 g/mol. The van der Waals surface area contributed by atoms with Gasteiger partial charge >= 0.3 is 0 Å². The Labute approximate surface area is 134 Å². The summed E-state index contributed by atoms with van der Waals surface area (Å²) in [7, 11) is 0. The standard InChI is InChI=1S/C18H29N3O/c1-4-15-7-9-16(10-8-15)14(3)21-17(19-5-2)20-13-18(22)11-6-12-18/h7-10,14,22H,4-6,11-13H2,1-3H3,(H2,19,20,21). The van der Waals surface area contributed by atoms with Crippen LogP contribution in [0.15, 0.2) is 29.3 Å². The number of benzene rings is 1. The van der Waals surface area contributed by atoms with E-state index < -0.39 is 5.60 Å². The molecule has 3 N–H and O–H groups in total.